The molecule has 0 aromatic rings. The second-order valence-corrected chi connectivity index (χ2v) is 13.7. The first kappa shape index (κ1) is 36.4. The minimum absolute atomic E-state index is 0.0939. The molecule has 5 heteroatoms. The van der Waals surface area contributed by atoms with Crippen LogP contribution in [0.5, 0.6) is 0 Å². The molecular formula is C32H65ClN4. The van der Waals surface area contributed by atoms with Crippen molar-refractivity contribution in [3.05, 3.63) is 0 Å². The van der Waals surface area contributed by atoms with Crippen LogP contribution in [0.25, 0.3) is 0 Å². The number of alkyl halides is 1. The van der Waals surface area contributed by atoms with Crippen molar-refractivity contribution in [1.82, 2.24) is 5.43 Å². The SMILES string of the molecule is CC(C)(C)NN=C1CCCCCCCCCCC1.CCCCCCCCCCCC(Cl)/N=N/C(C)(C)C. The highest BCUT2D eigenvalue weighted by atomic mass is 35.5. The summed E-state index contributed by atoms with van der Waals surface area (Å²) in [4.78, 5) is 0. The van der Waals surface area contributed by atoms with Crippen LogP contribution in [0.3, 0.4) is 0 Å². The smallest absolute Gasteiger partial charge is 0.144 e. The fraction of sp³-hybridized carbons (Fsp3) is 0.969. The van der Waals surface area contributed by atoms with Gasteiger partial charge in [0, 0.05) is 11.3 Å². The van der Waals surface area contributed by atoms with Crippen molar-refractivity contribution in [2.24, 2.45) is 15.3 Å². The topological polar surface area (TPSA) is 49.1 Å². The van der Waals surface area contributed by atoms with Gasteiger partial charge in [-0.25, -0.2) is 0 Å². The number of hydrogen-bond acceptors (Lipinski definition) is 4. The molecule has 1 N–H and O–H groups in total. The normalized spacial score (nSPS) is 17.4. The molecule has 0 aromatic carbocycles. The predicted octanol–water partition coefficient (Wildman–Crippen LogP) is 11.8. The van der Waals surface area contributed by atoms with Crippen molar-refractivity contribution in [2.45, 2.75) is 200 Å². The zero-order chi connectivity index (χ0) is 27.8. The Bertz CT molecular complexity index is 546. The average Bonchev–Trinajstić information content (AvgIpc) is 2.81. The van der Waals surface area contributed by atoms with E-state index in [1.54, 1.807) is 0 Å². The maximum Gasteiger partial charge on any atom is 0.144 e. The third-order valence-electron chi connectivity index (χ3n) is 6.51. The van der Waals surface area contributed by atoms with Gasteiger partial charge in [-0.15, -0.1) is 0 Å². The molecule has 1 rings (SSSR count). The van der Waals surface area contributed by atoms with Crippen molar-refractivity contribution >= 4 is 17.3 Å². The van der Waals surface area contributed by atoms with E-state index in [4.69, 9.17) is 11.6 Å². The maximum absolute atomic E-state index is 6.12. The van der Waals surface area contributed by atoms with Crippen LogP contribution in [0, 0.1) is 0 Å². The van der Waals surface area contributed by atoms with E-state index in [0.29, 0.717) is 0 Å². The Kier molecular flexibility index (Phi) is 22.9. The third-order valence-corrected chi connectivity index (χ3v) is 6.81. The lowest BCUT2D eigenvalue weighted by molar-refractivity contribution is 0.438. The summed E-state index contributed by atoms with van der Waals surface area (Å²) < 4.78 is 0. The van der Waals surface area contributed by atoms with Crippen LogP contribution in [0.1, 0.15) is 183 Å². The van der Waals surface area contributed by atoms with Gasteiger partial charge in [0.2, 0.25) is 0 Å². The molecule has 0 heterocycles. The molecule has 1 atom stereocenters. The molecule has 220 valence electrons. The highest BCUT2D eigenvalue weighted by molar-refractivity contribution is 6.20. The van der Waals surface area contributed by atoms with E-state index in [1.165, 1.54) is 134 Å². The lowest BCUT2D eigenvalue weighted by Gasteiger charge is -2.19. The van der Waals surface area contributed by atoms with Crippen LogP contribution in [0.15, 0.2) is 15.3 Å². The number of halogens is 1. The first-order chi connectivity index (χ1) is 17.5. The van der Waals surface area contributed by atoms with E-state index < -0.39 is 0 Å². The van der Waals surface area contributed by atoms with Crippen LogP contribution < -0.4 is 5.43 Å². The minimum Gasteiger partial charge on any atom is -0.305 e. The molecule has 0 saturated heterocycles. The van der Waals surface area contributed by atoms with Gasteiger partial charge >= 0.3 is 0 Å². The van der Waals surface area contributed by atoms with Gasteiger partial charge in [0.1, 0.15) is 5.50 Å². The zero-order valence-corrected chi connectivity index (χ0v) is 26.9. The van der Waals surface area contributed by atoms with E-state index in [2.05, 4.69) is 48.5 Å². The molecular weight excluding hydrogens is 476 g/mol. The predicted molar refractivity (Wildman–Crippen MR) is 167 cm³/mol. The summed E-state index contributed by atoms with van der Waals surface area (Å²) in [5, 5.41) is 13.0. The Morgan fingerprint density at radius 2 is 1.11 bits per heavy atom. The van der Waals surface area contributed by atoms with E-state index >= 15 is 0 Å². The van der Waals surface area contributed by atoms with Crippen molar-refractivity contribution in [3.63, 3.8) is 0 Å². The Hall–Kier alpha value is -0.640. The average molecular weight is 541 g/mol. The summed E-state index contributed by atoms with van der Waals surface area (Å²) in [7, 11) is 0. The number of unbranched alkanes of at least 4 members (excludes halogenated alkanes) is 8. The molecule has 0 amide bonds. The molecule has 0 aromatic heterocycles. The van der Waals surface area contributed by atoms with Crippen molar-refractivity contribution in [1.29, 1.82) is 0 Å². The standard InChI is InChI=1S/C16H33ClN2.C16H32N2/c1-5-6-7-8-9-10-11-12-13-14-15(17)18-19-16(2,3)4;1-16(2,3)18-17-15-13-11-9-7-5-4-6-8-10-12-14-15/h15H,5-14H2,1-4H3;18H,4-14H2,1-3H3/b19-18+;. The molecule has 1 aliphatic rings. The minimum atomic E-state index is -0.135. The number of hydrazone groups is 1. The second kappa shape index (κ2) is 23.3. The lowest BCUT2D eigenvalue weighted by Crippen LogP contribution is -2.32. The molecule has 0 bridgehead atoms. The summed E-state index contributed by atoms with van der Waals surface area (Å²) >= 11 is 6.12. The zero-order valence-electron chi connectivity index (χ0n) is 26.1. The highest BCUT2D eigenvalue weighted by Gasteiger charge is 2.10. The number of azo groups is 1. The fourth-order valence-corrected chi connectivity index (χ4v) is 4.49. The van der Waals surface area contributed by atoms with Gasteiger partial charge < -0.3 is 5.43 Å². The quantitative estimate of drug-likeness (QED) is 0.0863. The summed E-state index contributed by atoms with van der Waals surface area (Å²) in [5.41, 5.74) is 4.54. The summed E-state index contributed by atoms with van der Waals surface area (Å²) in [6.45, 7) is 14.9. The maximum atomic E-state index is 6.12. The van der Waals surface area contributed by atoms with Crippen molar-refractivity contribution < 1.29 is 0 Å². The van der Waals surface area contributed by atoms with Gasteiger partial charge in [0.05, 0.1) is 5.54 Å². The lowest BCUT2D eigenvalue weighted by atomic mass is 10.00. The molecule has 4 nitrogen and oxygen atoms in total. The van der Waals surface area contributed by atoms with Crippen LogP contribution in [-0.4, -0.2) is 22.3 Å². The fourth-order valence-electron chi connectivity index (χ4n) is 4.30. The van der Waals surface area contributed by atoms with E-state index in [-0.39, 0.29) is 16.6 Å². The number of hydrogen-bond donors (Lipinski definition) is 1. The van der Waals surface area contributed by atoms with E-state index in [0.717, 1.165) is 6.42 Å². The van der Waals surface area contributed by atoms with Gasteiger partial charge in [-0.2, -0.15) is 15.3 Å². The van der Waals surface area contributed by atoms with E-state index in [1.807, 2.05) is 20.8 Å². The molecule has 1 unspecified atom stereocenters. The molecule has 0 aliphatic heterocycles. The van der Waals surface area contributed by atoms with Gasteiger partial charge in [0.25, 0.3) is 0 Å². The van der Waals surface area contributed by atoms with Crippen LogP contribution in [0.2, 0.25) is 0 Å². The first-order valence-electron chi connectivity index (χ1n) is 15.9. The summed E-state index contributed by atoms with van der Waals surface area (Å²) in [5.74, 6) is 0. The molecule has 0 radical (unpaired) electrons. The molecule has 0 spiro atoms. The van der Waals surface area contributed by atoms with E-state index in [9.17, 15) is 0 Å². The largest absolute Gasteiger partial charge is 0.305 e. The highest BCUT2D eigenvalue weighted by Crippen LogP contribution is 2.17. The Morgan fingerprint density at radius 3 is 1.54 bits per heavy atom. The Labute approximate surface area is 237 Å². The van der Waals surface area contributed by atoms with Crippen molar-refractivity contribution in [2.75, 3.05) is 0 Å². The molecule has 1 fully saturated rings. The summed E-state index contributed by atoms with van der Waals surface area (Å²) in [6, 6.07) is 0. The Morgan fingerprint density at radius 1 is 0.676 bits per heavy atom. The van der Waals surface area contributed by atoms with Crippen molar-refractivity contribution in [3.8, 4) is 0 Å². The van der Waals surface area contributed by atoms with Crippen LogP contribution in [-0.2, 0) is 0 Å². The molecule has 1 aliphatic carbocycles. The number of nitrogens with one attached hydrogen (secondary N) is 1. The van der Waals surface area contributed by atoms with Crippen LogP contribution in [0.4, 0.5) is 0 Å². The molecule has 1 saturated carbocycles. The van der Waals surface area contributed by atoms with Gasteiger partial charge in [-0.1, -0.05) is 121 Å². The molecule has 37 heavy (non-hydrogen) atoms. The van der Waals surface area contributed by atoms with Gasteiger partial charge in [-0.3, -0.25) is 0 Å². The second-order valence-electron chi connectivity index (χ2n) is 13.2. The van der Waals surface area contributed by atoms with Crippen LogP contribution >= 0.6 is 11.6 Å². The third kappa shape index (κ3) is 29.8. The monoisotopic (exact) mass is 540 g/mol. The number of nitrogens with zero attached hydrogens (tertiary/aromatic N) is 3. The summed E-state index contributed by atoms with van der Waals surface area (Å²) in [6.07, 6.45) is 28.0. The Balaban J connectivity index is 0.000000701. The van der Waals surface area contributed by atoms with Gasteiger partial charge in [-0.05, 0) is 73.6 Å². The first-order valence-corrected chi connectivity index (χ1v) is 16.4. The number of rotatable bonds is 12. The van der Waals surface area contributed by atoms with Gasteiger partial charge in [0.15, 0.2) is 0 Å².